The first kappa shape index (κ1) is 13.3. The number of nitrogens with two attached hydrogens (primary N) is 1. The van der Waals surface area contributed by atoms with Crippen molar-refractivity contribution in [1.82, 2.24) is 9.97 Å². The summed E-state index contributed by atoms with van der Waals surface area (Å²) in [5, 5.41) is 0. The van der Waals surface area contributed by atoms with E-state index in [2.05, 4.69) is 9.97 Å². The lowest BCUT2D eigenvalue weighted by Crippen LogP contribution is -2.22. The molecule has 1 aromatic heterocycles. The van der Waals surface area contributed by atoms with Gasteiger partial charge in [-0.05, 0) is 18.9 Å². The van der Waals surface area contributed by atoms with Gasteiger partial charge in [0, 0.05) is 43.1 Å². The van der Waals surface area contributed by atoms with E-state index < -0.39 is 5.92 Å². The molecule has 1 heterocycles. The van der Waals surface area contributed by atoms with Gasteiger partial charge < -0.3 is 5.73 Å². The third-order valence-electron chi connectivity index (χ3n) is 3.50. The zero-order chi connectivity index (χ0) is 13.2. The highest BCUT2D eigenvalue weighted by Gasteiger charge is 2.41. The van der Waals surface area contributed by atoms with E-state index in [4.69, 9.17) is 5.73 Å². The molecule has 1 aliphatic rings. The summed E-state index contributed by atoms with van der Waals surface area (Å²) in [5.41, 5.74) is 6.72. The molecule has 2 N–H and O–H groups in total. The standard InChI is InChI=1S/C13H19F2N3/c1-2-10(16)7-11-4-6-17-12(18-11)9-3-5-13(14,15)8-9/h4,6,9-10H,2-3,5,7-8,16H2,1H3. The predicted octanol–water partition coefficient (Wildman–Crippen LogP) is 2.66. The van der Waals surface area contributed by atoms with E-state index in [9.17, 15) is 8.78 Å². The largest absolute Gasteiger partial charge is 0.327 e. The monoisotopic (exact) mass is 255 g/mol. The highest BCUT2D eigenvalue weighted by atomic mass is 19.3. The second-order valence-electron chi connectivity index (χ2n) is 5.07. The number of rotatable bonds is 4. The molecule has 0 spiro atoms. The third-order valence-corrected chi connectivity index (χ3v) is 3.50. The molecule has 3 nitrogen and oxygen atoms in total. The van der Waals surface area contributed by atoms with Crippen LogP contribution in [0.1, 0.15) is 50.0 Å². The number of alkyl halides is 2. The van der Waals surface area contributed by atoms with Gasteiger partial charge in [0.05, 0.1) is 0 Å². The van der Waals surface area contributed by atoms with Crippen LogP contribution in [0.3, 0.4) is 0 Å². The van der Waals surface area contributed by atoms with E-state index in [-0.39, 0.29) is 24.8 Å². The Bertz CT molecular complexity index is 409. The maximum absolute atomic E-state index is 13.2. The van der Waals surface area contributed by atoms with Crippen LogP contribution in [0, 0.1) is 0 Å². The Morgan fingerprint density at radius 1 is 1.56 bits per heavy atom. The SMILES string of the molecule is CCC(N)Cc1ccnc(C2CCC(F)(F)C2)n1. The summed E-state index contributed by atoms with van der Waals surface area (Å²) in [4.78, 5) is 8.52. The Morgan fingerprint density at radius 2 is 2.33 bits per heavy atom. The van der Waals surface area contributed by atoms with Gasteiger partial charge in [0.25, 0.3) is 0 Å². The highest BCUT2D eigenvalue weighted by molar-refractivity contribution is 5.09. The first-order chi connectivity index (χ1) is 8.50. The minimum absolute atomic E-state index is 0.0558. The van der Waals surface area contributed by atoms with Gasteiger partial charge in [0.1, 0.15) is 5.82 Å². The Labute approximate surface area is 106 Å². The molecule has 18 heavy (non-hydrogen) atoms. The molecule has 1 saturated carbocycles. The van der Waals surface area contributed by atoms with Gasteiger partial charge in [-0.15, -0.1) is 0 Å². The topological polar surface area (TPSA) is 51.8 Å². The van der Waals surface area contributed by atoms with Crippen LogP contribution in [0.4, 0.5) is 8.78 Å². The van der Waals surface area contributed by atoms with Crippen molar-refractivity contribution < 1.29 is 8.78 Å². The zero-order valence-corrected chi connectivity index (χ0v) is 10.6. The smallest absolute Gasteiger partial charge is 0.248 e. The Hall–Kier alpha value is -1.10. The summed E-state index contributed by atoms with van der Waals surface area (Å²) < 4.78 is 26.3. The molecule has 0 radical (unpaired) electrons. The first-order valence-corrected chi connectivity index (χ1v) is 6.45. The average molecular weight is 255 g/mol. The van der Waals surface area contributed by atoms with Gasteiger partial charge in [-0.3, -0.25) is 0 Å². The molecule has 1 aliphatic carbocycles. The highest BCUT2D eigenvalue weighted by Crippen LogP contribution is 2.42. The Kier molecular flexibility index (Phi) is 3.90. The van der Waals surface area contributed by atoms with Crippen LogP contribution >= 0.6 is 0 Å². The lowest BCUT2D eigenvalue weighted by atomic mass is 10.1. The van der Waals surface area contributed by atoms with E-state index in [1.54, 1.807) is 6.20 Å². The van der Waals surface area contributed by atoms with Crippen molar-refractivity contribution in [3.8, 4) is 0 Å². The molecule has 5 heteroatoms. The van der Waals surface area contributed by atoms with E-state index >= 15 is 0 Å². The van der Waals surface area contributed by atoms with Gasteiger partial charge in [-0.25, -0.2) is 18.7 Å². The molecule has 100 valence electrons. The molecule has 1 aromatic rings. The molecular formula is C13H19F2N3. The summed E-state index contributed by atoms with van der Waals surface area (Å²) in [7, 11) is 0. The molecule has 1 fully saturated rings. The van der Waals surface area contributed by atoms with Crippen molar-refractivity contribution in [3.63, 3.8) is 0 Å². The van der Waals surface area contributed by atoms with Crippen molar-refractivity contribution in [2.24, 2.45) is 5.73 Å². The molecule has 2 unspecified atom stereocenters. The van der Waals surface area contributed by atoms with Crippen LogP contribution in [-0.2, 0) is 6.42 Å². The fraction of sp³-hybridized carbons (Fsp3) is 0.692. The minimum Gasteiger partial charge on any atom is -0.327 e. The maximum Gasteiger partial charge on any atom is 0.248 e. The molecule has 0 aliphatic heterocycles. The van der Waals surface area contributed by atoms with Gasteiger partial charge >= 0.3 is 0 Å². The van der Waals surface area contributed by atoms with E-state index in [1.165, 1.54) is 0 Å². The fourth-order valence-corrected chi connectivity index (χ4v) is 2.31. The summed E-state index contributed by atoms with van der Waals surface area (Å²) in [6.45, 7) is 2.02. The first-order valence-electron chi connectivity index (χ1n) is 6.45. The van der Waals surface area contributed by atoms with Crippen LogP contribution in [-0.4, -0.2) is 21.9 Å². The summed E-state index contributed by atoms with van der Waals surface area (Å²) >= 11 is 0. The third kappa shape index (κ3) is 3.22. The van der Waals surface area contributed by atoms with Crippen molar-refractivity contribution >= 4 is 0 Å². The van der Waals surface area contributed by atoms with E-state index in [0.717, 1.165) is 12.1 Å². The quantitative estimate of drug-likeness (QED) is 0.899. The Balaban J connectivity index is 2.08. The summed E-state index contributed by atoms with van der Waals surface area (Å²) in [5.74, 6) is -2.21. The minimum atomic E-state index is -2.55. The zero-order valence-electron chi connectivity index (χ0n) is 10.6. The predicted molar refractivity (Wildman–Crippen MR) is 65.5 cm³/mol. The number of hydrogen-bond acceptors (Lipinski definition) is 3. The molecule has 0 amide bonds. The van der Waals surface area contributed by atoms with Crippen LogP contribution in [0.2, 0.25) is 0 Å². The van der Waals surface area contributed by atoms with Crippen molar-refractivity contribution in [1.29, 1.82) is 0 Å². The summed E-state index contributed by atoms with van der Waals surface area (Å²) in [6.07, 6.45) is 3.48. The average Bonchev–Trinajstić information content (AvgIpc) is 2.70. The number of halogens is 2. The number of hydrogen-bond donors (Lipinski definition) is 1. The lowest BCUT2D eigenvalue weighted by Gasteiger charge is -2.12. The summed E-state index contributed by atoms with van der Waals surface area (Å²) in [6, 6.07) is 1.88. The van der Waals surface area contributed by atoms with Crippen LogP contribution in [0.5, 0.6) is 0 Å². The van der Waals surface area contributed by atoms with Crippen LogP contribution < -0.4 is 5.73 Å². The fourth-order valence-electron chi connectivity index (χ4n) is 2.31. The van der Waals surface area contributed by atoms with Crippen molar-refractivity contribution in [2.45, 2.75) is 56.9 Å². The molecule has 2 rings (SSSR count). The maximum atomic E-state index is 13.2. The molecule has 0 bridgehead atoms. The van der Waals surface area contributed by atoms with E-state index in [1.807, 2.05) is 13.0 Å². The second kappa shape index (κ2) is 5.26. The molecule has 2 atom stereocenters. The van der Waals surface area contributed by atoms with Crippen LogP contribution in [0.25, 0.3) is 0 Å². The molecule has 0 saturated heterocycles. The van der Waals surface area contributed by atoms with Gasteiger partial charge in [0.2, 0.25) is 5.92 Å². The van der Waals surface area contributed by atoms with Gasteiger partial charge in [0.15, 0.2) is 0 Å². The normalized spacial score (nSPS) is 24.1. The number of nitrogens with zero attached hydrogens (tertiary/aromatic N) is 2. The molecular weight excluding hydrogens is 236 g/mol. The van der Waals surface area contributed by atoms with Crippen molar-refractivity contribution in [3.05, 3.63) is 23.8 Å². The lowest BCUT2D eigenvalue weighted by molar-refractivity contribution is 0.00753. The van der Waals surface area contributed by atoms with Gasteiger partial charge in [-0.2, -0.15) is 0 Å². The van der Waals surface area contributed by atoms with Crippen LogP contribution in [0.15, 0.2) is 12.3 Å². The van der Waals surface area contributed by atoms with Crippen molar-refractivity contribution in [2.75, 3.05) is 0 Å². The second-order valence-corrected chi connectivity index (χ2v) is 5.07. The molecule has 0 aromatic carbocycles. The Morgan fingerprint density at radius 3 is 2.94 bits per heavy atom. The van der Waals surface area contributed by atoms with Gasteiger partial charge in [-0.1, -0.05) is 6.92 Å². The number of aromatic nitrogens is 2. The van der Waals surface area contributed by atoms with E-state index in [0.29, 0.717) is 18.7 Å².